The van der Waals surface area contributed by atoms with Gasteiger partial charge in [-0.25, -0.2) is 0 Å². The van der Waals surface area contributed by atoms with Crippen LogP contribution in [-0.4, -0.2) is 25.0 Å². The van der Waals surface area contributed by atoms with Gasteiger partial charge < -0.3 is 0 Å². The van der Waals surface area contributed by atoms with Gasteiger partial charge in [0, 0.05) is 12.4 Å². The summed E-state index contributed by atoms with van der Waals surface area (Å²) in [5, 5.41) is 0. The summed E-state index contributed by atoms with van der Waals surface area (Å²) in [5.41, 5.74) is 0. The molecule has 1 rings (SSSR count). The lowest BCUT2D eigenvalue weighted by Crippen LogP contribution is -2.11. The van der Waals surface area contributed by atoms with Crippen LogP contribution in [0.3, 0.4) is 0 Å². The number of nitrogens with zero attached hydrogens (tertiary/aromatic N) is 2. The number of aliphatic imine (C=N–C) groups is 2. The predicted molar refractivity (Wildman–Crippen MR) is 35.9 cm³/mol. The SMILES string of the molecule is CCC1CN=CC=N1. The van der Waals surface area contributed by atoms with Crippen molar-refractivity contribution in [3.05, 3.63) is 0 Å². The minimum Gasteiger partial charge on any atom is -0.289 e. The van der Waals surface area contributed by atoms with Crippen molar-refractivity contribution in [1.82, 2.24) is 0 Å². The number of hydrogen-bond donors (Lipinski definition) is 0. The van der Waals surface area contributed by atoms with Gasteiger partial charge in [0.1, 0.15) is 0 Å². The summed E-state index contributed by atoms with van der Waals surface area (Å²) in [7, 11) is 0. The van der Waals surface area contributed by atoms with E-state index in [2.05, 4.69) is 16.9 Å². The molecule has 2 heteroatoms. The van der Waals surface area contributed by atoms with Crippen molar-refractivity contribution in [2.75, 3.05) is 6.54 Å². The minimum atomic E-state index is 0.458. The first kappa shape index (κ1) is 5.48. The first-order chi connectivity index (χ1) is 3.93. The third-order valence-corrected chi connectivity index (χ3v) is 1.26. The van der Waals surface area contributed by atoms with E-state index >= 15 is 0 Å². The van der Waals surface area contributed by atoms with E-state index in [9.17, 15) is 0 Å². The van der Waals surface area contributed by atoms with Gasteiger partial charge in [0.05, 0.1) is 12.6 Å². The molecule has 1 unspecified atom stereocenters. The maximum Gasteiger partial charge on any atom is 0.0692 e. The van der Waals surface area contributed by atoms with Crippen molar-refractivity contribution < 1.29 is 0 Å². The normalized spacial score (nSPS) is 26.4. The van der Waals surface area contributed by atoms with E-state index in [1.54, 1.807) is 12.4 Å². The molecule has 2 nitrogen and oxygen atoms in total. The van der Waals surface area contributed by atoms with Crippen molar-refractivity contribution in [1.29, 1.82) is 0 Å². The van der Waals surface area contributed by atoms with Crippen LogP contribution < -0.4 is 0 Å². The summed E-state index contributed by atoms with van der Waals surface area (Å²) < 4.78 is 0. The van der Waals surface area contributed by atoms with Crippen LogP contribution in [0.15, 0.2) is 9.98 Å². The van der Waals surface area contributed by atoms with Crippen molar-refractivity contribution in [2.45, 2.75) is 19.4 Å². The molecule has 0 bridgehead atoms. The Hall–Kier alpha value is -0.660. The predicted octanol–water partition coefficient (Wildman–Crippen LogP) is 0.920. The van der Waals surface area contributed by atoms with Gasteiger partial charge in [-0.1, -0.05) is 6.92 Å². The summed E-state index contributed by atoms with van der Waals surface area (Å²) in [6.07, 6.45) is 4.64. The van der Waals surface area contributed by atoms with Crippen LogP contribution in [0.25, 0.3) is 0 Å². The van der Waals surface area contributed by atoms with Gasteiger partial charge in [-0.3, -0.25) is 9.98 Å². The molecule has 1 atom stereocenters. The third kappa shape index (κ3) is 1.15. The van der Waals surface area contributed by atoms with Crippen molar-refractivity contribution in [3.8, 4) is 0 Å². The molecule has 0 aromatic heterocycles. The fraction of sp³-hybridized carbons (Fsp3) is 0.667. The van der Waals surface area contributed by atoms with Crippen LogP contribution in [0.1, 0.15) is 13.3 Å². The standard InChI is InChI=1S/C6H10N2/c1-2-6-5-7-3-4-8-6/h3-4,6H,2,5H2,1H3. The second-order valence-corrected chi connectivity index (χ2v) is 1.87. The highest BCUT2D eigenvalue weighted by atomic mass is 14.9. The second kappa shape index (κ2) is 2.60. The monoisotopic (exact) mass is 110 g/mol. The zero-order chi connectivity index (χ0) is 5.82. The molecule has 8 heavy (non-hydrogen) atoms. The molecule has 0 saturated heterocycles. The van der Waals surface area contributed by atoms with E-state index in [1.807, 2.05) is 0 Å². The zero-order valence-corrected chi connectivity index (χ0v) is 5.04. The van der Waals surface area contributed by atoms with Crippen molar-refractivity contribution >= 4 is 12.4 Å². The summed E-state index contributed by atoms with van der Waals surface area (Å²) >= 11 is 0. The summed E-state index contributed by atoms with van der Waals surface area (Å²) in [5.74, 6) is 0. The molecule has 0 radical (unpaired) electrons. The fourth-order valence-corrected chi connectivity index (χ4v) is 0.672. The summed E-state index contributed by atoms with van der Waals surface area (Å²) in [6, 6.07) is 0.458. The highest BCUT2D eigenvalue weighted by molar-refractivity contribution is 6.16. The van der Waals surface area contributed by atoms with Crippen molar-refractivity contribution in [2.24, 2.45) is 9.98 Å². The third-order valence-electron chi connectivity index (χ3n) is 1.26. The topological polar surface area (TPSA) is 24.7 Å². The molecule has 1 heterocycles. The molecule has 0 saturated carbocycles. The number of rotatable bonds is 1. The van der Waals surface area contributed by atoms with Crippen molar-refractivity contribution in [3.63, 3.8) is 0 Å². The molecule has 0 aromatic carbocycles. The smallest absolute Gasteiger partial charge is 0.0692 e. The van der Waals surface area contributed by atoms with E-state index in [0.717, 1.165) is 13.0 Å². The molecule has 0 spiro atoms. The molecule has 0 amide bonds. The molecule has 0 fully saturated rings. The first-order valence-corrected chi connectivity index (χ1v) is 2.95. The van der Waals surface area contributed by atoms with Gasteiger partial charge >= 0.3 is 0 Å². The Balaban J connectivity index is 2.40. The molecule has 0 aliphatic carbocycles. The Morgan fingerprint density at radius 1 is 1.62 bits per heavy atom. The van der Waals surface area contributed by atoms with E-state index < -0.39 is 0 Å². The average molecular weight is 110 g/mol. The highest BCUT2D eigenvalue weighted by Gasteiger charge is 2.01. The zero-order valence-electron chi connectivity index (χ0n) is 5.04. The Morgan fingerprint density at radius 2 is 2.50 bits per heavy atom. The lowest BCUT2D eigenvalue weighted by molar-refractivity contribution is 0.664. The van der Waals surface area contributed by atoms with Gasteiger partial charge in [0.2, 0.25) is 0 Å². The van der Waals surface area contributed by atoms with E-state index in [-0.39, 0.29) is 0 Å². The van der Waals surface area contributed by atoms with Gasteiger partial charge in [-0.05, 0) is 6.42 Å². The van der Waals surface area contributed by atoms with Gasteiger partial charge in [-0.15, -0.1) is 0 Å². The van der Waals surface area contributed by atoms with Crippen LogP contribution in [0, 0.1) is 0 Å². The molecular weight excluding hydrogens is 100 g/mol. The van der Waals surface area contributed by atoms with Crippen LogP contribution in [0.2, 0.25) is 0 Å². The minimum absolute atomic E-state index is 0.458. The molecular formula is C6H10N2. The maximum atomic E-state index is 4.17. The Bertz CT molecular complexity index is 116. The van der Waals surface area contributed by atoms with Crippen LogP contribution in [0.4, 0.5) is 0 Å². The molecule has 1 aliphatic rings. The highest BCUT2D eigenvalue weighted by Crippen LogP contribution is 1.98. The van der Waals surface area contributed by atoms with E-state index in [1.165, 1.54) is 0 Å². The summed E-state index contributed by atoms with van der Waals surface area (Å²) in [6.45, 7) is 3.01. The molecule has 0 N–H and O–H groups in total. The first-order valence-electron chi connectivity index (χ1n) is 2.95. The molecule has 0 aromatic rings. The number of hydrogen-bond acceptors (Lipinski definition) is 2. The Kier molecular flexibility index (Phi) is 1.78. The fourth-order valence-electron chi connectivity index (χ4n) is 0.672. The maximum absolute atomic E-state index is 4.17. The molecule has 44 valence electrons. The second-order valence-electron chi connectivity index (χ2n) is 1.87. The van der Waals surface area contributed by atoms with E-state index in [4.69, 9.17) is 0 Å². The van der Waals surface area contributed by atoms with Gasteiger partial charge in [-0.2, -0.15) is 0 Å². The van der Waals surface area contributed by atoms with Crippen LogP contribution in [-0.2, 0) is 0 Å². The summed E-state index contributed by atoms with van der Waals surface area (Å²) in [4.78, 5) is 8.23. The molecule has 1 aliphatic heterocycles. The lowest BCUT2D eigenvalue weighted by Gasteiger charge is -2.06. The largest absolute Gasteiger partial charge is 0.289 e. The van der Waals surface area contributed by atoms with E-state index in [0.29, 0.717) is 6.04 Å². The van der Waals surface area contributed by atoms with Crippen LogP contribution >= 0.6 is 0 Å². The Labute approximate surface area is 49.3 Å². The average Bonchev–Trinajstić information content (AvgIpc) is 1.90. The van der Waals surface area contributed by atoms with Crippen LogP contribution in [0.5, 0.6) is 0 Å². The quantitative estimate of drug-likeness (QED) is 0.479. The lowest BCUT2D eigenvalue weighted by atomic mass is 10.2. The van der Waals surface area contributed by atoms with Gasteiger partial charge in [0.25, 0.3) is 0 Å². The Morgan fingerprint density at radius 3 is 2.88 bits per heavy atom. The van der Waals surface area contributed by atoms with Gasteiger partial charge in [0.15, 0.2) is 0 Å².